The van der Waals surface area contributed by atoms with E-state index in [1.807, 2.05) is 37.3 Å². The van der Waals surface area contributed by atoms with Crippen molar-refractivity contribution >= 4 is 5.91 Å². The molecule has 0 radical (unpaired) electrons. The maximum Gasteiger partial charge on any atom is 0.255 e. The third-order valence-corrected chi connectivity index (χ3v) is 4.66. The number of amides is 1. The van der Waals surface area contributed by atoms with Crippen molar-refractivity contribution in [3.05, 3.63) is 77.0 Å². The molecule has 0 aliphatic heterocycles. The Morgan fingerprint density at radius 3 is 2.79 bits per heavy atom. The number of H-pyrrole nitrogens is 1. The average molecular weight is 317 g/mol. The van der Waals surface area contributed by atoms with Crippen LogP contribution in [0.25, 0.3) is 11.3 Å². The van der Waals surface area contributed by atoms with Crippen molar-refractivity contribution in [2.45, 2.75) is 25.8 Å². The molecule has 3 aromatic rings. The summed E-state index contributed by atoms with van der Waals surface area (Å²) in [4.78, 5) is 12.8. The van der Waals surface area contributed by atoms with Crippen LogP contribution < -0.4 is 5.32 Å². The highest BCUT2D eigenvalue weighted by Crippen LogP contribution is 2.31. The van der Waals surface area contributed by atoms with E-state index in [2.05, 4.69) is 33.7 Å². The van der Waals surface area contributed by atoms with Crippen LogP contribution in [0.4, 0.5) is 0 Å². The van der Waals surface area contributed by atoms with Crippen molar-refractivity contribution in [3.8, 4) is 11.3 Å². The van der Waals surface area contributed by atoms with Gasteiger partial charge < -0.3 is 5.32 Å². The summed E-state index contributed by atoms with van der Waals surface area (Å²) in [5.41, 5.74) is 6.06. The molecule has 4 nitrogen and oxygen atoms in total. The van der Waals surface area contributed by atoms with Crippen molar-refractivity contribution < 1.29 is 4.79 Å². The van der Waals surface area contributed by atoms with E-state index in [0.717, 1.165) is 24.1 Å². The minimum atomic E-state index is -0.0824. The monoisotopic (exact) mass is 317 g/mol. The summed E-state index contributed by atoms with van der Waals surface area (Å²) in [5, 5.41) is 10.2. The number of carbonyl (C=O) groups excluding carboxylic acids is 1. The van der Waals surface area contributed by atoms with Crippen LogP contribution in [0.3, 0.4) is 0 Å². The van der Waals surface area contributed by atoms with E-state index < -0.39 is 0 Å². The molecule has 120 valence electrons. The van der Waals surface area contributed by atoms with E-state index in [4.69, 9.17) is 0 Å². The molecule has 1 aliphatic rings. The van der Waals surface area contributed by atoms with Crippen molar-refractivity contribution in [2.75, 3.05) is 0 Å². The van der Waals surface area contributed by atoms with Crippen LogP contribution in [-0.2, 0) is 6.42 Å². The Labute approximate surface area is 140 Å². The van der Waals surface area contributed by atoms with Crippen LogP contribution in [0.2, 0.25) is 0 Å². The Morgan fingerprint density at radius 2 is 1.96 bits per heavy atom. The standard InChI is InChI=1S/C20H19N3O/c1-13-6-8-15(9-7-13)19-17(12-21-23-19)20(24)22-18-11-10-14-4-2-3-5-16(14)18/h2-9,12,18H,10-11H2,1H3,(H,21,23)(H,22,24). The molecule has 0 saturated heterocycles. The Balaban J connectivity index is 1.58. The lowest BCUT2D eigenvalue weighted by Gasteiger charge is -2.14. The summed E-state index contributed by atoms with van der Waals surface area (Å²) in [5.74, 6) is -0.0824. The Morgan fingerprint density at radius 1 is 1.17 bits per heavy atom. The van der Waals surface area contributed by atoms with Crippen molar-refractivity contribution in [2.24, 2.45) is 0 Å². The van der Waals surface area contributed by atoms with E-state index >= 15 is 0 Å². The van der Waals surface area contributed by atoms with Crippen LogP contribution in [0, 0.1) is 6.92 Å². The molecule has 2 aromatic carbocycles. The molecular weight excluding hydrogens is 298 g/mol. The number of fused-ring (bicyclic) bond motifs is 1. The summed E-state index contributed by atoms with van der Waals surface area (Å²) in [6.45, 7) is 2.04. The highest BCUT2D eigenvalue weighted by atomic mass is 16.1. The number of rotatable bonds is 3. The number of aryl methyl sites for hydroxylation is 2. The molecule has 0 spiro atoms. The van der Waals surface area contributed by atoms with Gasteiger partial charge in [0.25, 0.3) is 5.91 Å². The Hall–Kier alpha value is -2.88. The molecule has 1 aromatic heterocycles. The molecule has 2 N–H and O–H groups in total. The van der Waals surface area contributed by atoms with Gasteiger partial charge in [0.2, 0.25) is 0 Å². The van der Waals surface area contributed by atoms with Crippen molar-refractivity contribution in [3.63, 3.8) is 0 Å². The van der Waals surface area contributed by atoms with Gasteiger partial charge in [-0.15, -0.1) is 0 Å². The van der Waals surface area contributed by atoms with Gasteiger partial charge in [-0.25, -0.2) is 0 Å². The first kappa shape index (κ1) is 14.7. The number of benzene rings is 2. The number of hydrogen-bond donors (Lipinski definition) is 2. The van der Waals surface area contributed by atoms with E-state index in [1.165, 1.54) is 16.7 Å². The third-order valence-electron chi connectivity index (χ3n) is 4.66. The smallest absolute Gasteiger partial charge is 0.255 e. The number of nitrogens with one attached hydrogen (secondary N) is 2. The SMILES string of the molecule is Cc1ccc(-c2[nH]ncc2C(=O)NC2CCc3ccccc32)cc1. The van der Waals surface area contributed by atoms with Gasteiger partial charge in [-0.3, -0.25) is 9.89 Å². The van der Waals surface area contributed by atoms with Gasteiger partial charge in [0, 0.05) is 5.56 Å². The van der Waals surface area contributed by atoms with Crippen LogP contribution in [0.1, 0.15) is 39.5 Å². The highest BCUT2D eigenvalue weighted by Gasteiger charge is 2.25. The quantitative estimate of drug-likeness (QED) is 0.772. The molecule has 4 heteroatoms. The van der Waals surface area contributed by atoms with Crippen LogP contribution in [-0.4, -0.2) is 16.1 Å². The lowest BCUT2D eigenvalue weighted by atomic mass is 10.0. The molecule has 1 unspecified atom stereocenters. The first-order chi connectivity index (χ1) is 11.7. The summed E-state index contributed by atoms with van der Waals surface area (Å²) in [6.07, 6.45) is 3.56. The lowest BCUT2D eigenvalue weighted by molar-refractivity contribution is 0.0937. The largest absolute Gasteiger partial charge is 0.345 e. The highest BCUT2D eigenvalue weighted by molar-refractivity contribution is 6.00. The minimum Gasteiger partial charge on any atom is -0.345 e. The first-order valence-electron chi connectivity index (χ1n) is 8.21. The van der Waals surface area contributed by atoms with E-state index in [0.29, 0.717) is 5.56 Å². The predicted molar refractivity (Wildman–Crippen MR) is 93.7 cm³/mol. The van der Waals surface area contributed by atoms with Gasteiger partial charge in [0.1, 0.15) is 0 Å². The van der Waals surface area contributed by atoms with Gasteiger partial charge in [-0.05, 0) is 30.9 Å². The van der Waals surface area contributed by atoms with Gasteiger partial charge in [0.05, 0.1) is 23.5 Å². The zero-order chi connectivity index (χ0) is 16.5. The zero-order valence-electron chi connectivity index (χ0n) is 13.5. The zero-order valence-corrected chi connectivity index (χ0v) is 13.5. The second-order valence-electron chi connectivity index (χ2n) is 6.29. The summed E-state index contributed by atoms with van der Waals surface area (Å²) < 4.78 is 0. The second-order valence-corrected chi connectivity index (χ2v) is 6.29. The molecule has 1 amide bonds. The van der Waals surface area contributed by atoms with Gasteiger partial charge in [-0.1, -0.05) is 54.1 Å². The van der Waals surface area contributed by atoms with Gasteiger partial charge in [0.15, 0.2) is 0 Å². The third kappa shape index (κ3) is 2.60. The first-order valence-corrected chi connectivity index (χ1v) is 8.21. The van der Waals surface area contributed by atoms with Crippen LogP contribution in [0.15, 0.2) is 54.7 Å². The predicted octanol–water partition coefficient (Wildman–Crippen LogP) is 3.80. The van der Waals surface area contributed by atoms with Crippen LogP contribution in [0.5, 0.6) is 0 Å². The van der Waals surface area contributed by atoms with Gasteiger partial charge in [-0.2, -0.15) is 5.10 Å². The van der Waals surface area contributed by atoms with E-state index in [1.54, 1.807) is 6.20 Å². The minimum absolute atomic E-state index is 0.0782. The molecular formula is C20H19N3O. The second kappa shape index (κ2) is 5.96. The number of aromatic nitrogens is 2. The number of nitrogens with zero attached hydrogens (tertiary/aromatic N) is 1. The number of hydrogen-bond acceptors (Lipinski definition) is 2. The lowest BCUT2D eigenvalue weighted by Crippen LogP contribution is -2.27. The van der Waals surface area contributed by atoms with E-state index in [9.17, 15) is 4.79 Å². The number of aromatic amines is 1. The van der Waals surface area contributed by atoms with Crippen molar-refractivity contribution in [1.82, 2.24) is 15.5 Å². The summed E-state index contributed by atoms with van der Waals surface area (Å²) in [6, 6.07) is 16.5. The molecule has 1 aliphatic carbocycles. The molecule has 0 saturated carbocycles. The maximum atomic E-state index is 12.8. The number of carbonyl (C=O) groups is 1. The Kier molecular flexibility index (Phi) is 3.65. The van der Waals surface area contributed by atoms with Crippen molar-refractivity contribution in [1.29, 1.82) is 0 Å². The molecule has 0 fully saturated rings. The molecule has 4 rings (SSSR count). The summed E-state index contributed by atoms with van der Waals surface area (Å²) >= 11 is 0. The molecule has 0 bridgehead atoms. The fourth-order valence-electron chi connectivity index (χ4n) is 3.34. The molecule has 24 heavy (non-hydrogen) atoms. The van der Waals surface area contributed by atoms with E-state index in [-0.39, 0.29) is 11.9 Å². The fraction of sp³-hybridized carbons (Fsp3) is 0.200. The molecule has 1 atom stereocenters. The molecule has 1 heterocycles. The average Bonchev–Trinajstić information content (AvgIpc) is 3.23. The fourth-order valence-corrected chi connectivity index (χ4v) is 3.34. The normalized spacial score (nSPS) is 16.0. The van der Waals surface area contributed by atoms with Gasteiger partial charge >= 0.3 is 0 Å². The Bertz CT molecular complexity index is 880. The summed E-state index contributed by atoms with van der Waals surface area (Å²) in [7, 11) is 0. The van der Waals surface area contributed by atoms with Crippen LogP contribution >= 0.6 is 0 Å². The maximum absolute atomic E-state index is 12.8. The topological polar surface area (TPSA) is 57.8 Å².